The highest BCUT2D eigenvalue weighted by molar-refractivity contribution is 6.03. The van der Waals surface area contributed by atoms with E-state index in [9.17, 15) is 9.59 Å². The third-order valence-electron chi connectivity index (χ3n) is 2.91. The van der Waals surface area contributed by atoms with Crippen molar-refractivity contribution in [3.63, 3.8) is 0 Å². The van der Waals surface area contributed by atoms with Crippen molar-refractivity contribution in [3.8, 4) is 0 Å². The molecule has 1 unspecified atom stereocenters. The average Bonchev–Trinajstić information content (AvgIpc) is 2.52. The normalized spacial score (nSPS) is 17.9. The second kappa shape index (κ2) is 4.20. The van der Waals surface area contributed by atoms with Gasteiger partial charge in [-0.05, 0) is 29.7 Å². The molecule has 0 radical (unpaired) electrons. The molecule has 2 amide bonds. The van der Waals surface area contributed by atoms with E-state index in [1.54, 1.807) is 6.07 Å². The lowest BCUT2D eigenvalue weighted by Gasteiger charge is -2.13. The number of amides is 2. The Kier molecular flexibility index (Phi) is 2.88. The minimum absolute atomic E-state index is 0.0370. The molecule has 4 nitrogen and oxygen atoms in total. The van der Waals surface area contributed by atoms with Crippen molar-refractivity contribution < 1.29 is 9.59 Å². The summed E-state index contributed by atoms with van der Waals surface area (Å²) in [5, 5.41) is 5.59. The number of benzene rings is 1. The summed E-state index contributed by atoms with van der Waals surface area (Å²) >= 11 is 0. The maximum Gasteiger partial charge on any atom is 0.232 e. The molecule has 2 N–H and O–H groups in total. The number of rotatable bonds is 2. The van der Waals surface area contributed by atoms with Crippen molar-refractivity contribution in [3.05, 3.63) is 23.8 Å². The van der Waals surface area contributed by atoms with Crippen LogP contribution < -0.4 is 10.6 Å². The third-order valence-corrected chi connectivity index (χ3v) is 2.91. The van der Waals surface area contributed by atoms with Gasteiger partial charge < -0.3 is 10.6 Å². The van der Waals surface area contributed by atoms with Crippen LogP contribution in [0.25, 0.3) is 0 Å². The van der Waals surface area contributed by atoms with Crippen molar-refractivity contribution in [1.29, 1.82) is 0 Å². The number of hydrogen-bond donors (Lipinski definition) is 2. The molecule has 1 aliphatic heterocycles. The van der Waals surface area contributed by atoms with Crippen molar-refractivity contribution in [1.82, 2.24) is 0 Å². The molecule has 1 aromatic carbocycles. The number of hydrogen-bond acceptors (Lipinski definition) is 2. The van der Waals surface area contributed by atoms with Gasteiger partial charge in [0.2, 0.25) is 11.8 Å². The number of carbonyl (C=O) groups is 2. The second-order valence-corrected chi connectivity index (χ2v) is 4.69. The van der Waals surface area contributed by atoms with Gasteiger partial charge in [-0.15, -0.1) is 0 Å². The predicted molar refractivity (Wildman–Crippen MR) is 67.0 cm³/mol. The van der Waals surface area contributed by atoms with Crippen LogP contribution in [0.3, 0.4) is 0 Å². The summed E-state index contributed by atoms with van der Waals surface area (Å²) in [6.07, 6.45) is 0. The van der Waals surface area contributed by atoms with Gasteiger partial charge in [-0.2, -0.15) is 0 Å². The molecular weight excluding hydrogens is 216 g/mol. The third kappa shape index (κ3) is 2.16. The Morgan fingerprint density at radius 2 is 2.12 bits per heavy atom. The van der Waals surface area contributed by atoms with Crippen LogP contribution in [0.1, 0.15) is 32.3 Å². The van der Waals surface area contributed by atoms with Gasteiger partial charge in [-0.1, -0.05) is 13.8 Å². The lowest BCUT2D eigenvalue weighted by Crippen LogP contribution is -2.16. The molecular formula is C13H16N2O2. The van der Waals surface area contributed by atoms with Crippen LogP contribution in [0.15, 0.2) is 18.2 Å². The fourth-order valence-corrected chi connectivity index (χ4v) is 2.23. The Balaban J connectivity index is 2.38. The molecule has 1 atom stereocenters. The van der Waals surface area contributed by atoms with Gasteiger partial charge >= 0.3 is 0 Å². The molecule has 90 valence electrons. The van der Waals surface area contributed by atoms with Crippen LogP contribution in [0.4, 0.5) is 11.4 Å². The van der Waals surface area contributed by atoms with E-state index < -0.39 is 0 Å². The predicted octanol–water partition coefficient (Wildman–Crippen LogP) is 2.34. The van der Waals surface area contributed by atoms with E-state index in [2.05, 4.69) is 10.6 Å². The van der Waals surface area contributed by atoms with Gasteiger partial charge in [0.15, 0.2) is 0 Å². The molecule has 0 saturated heterocycles. The van der Waals surface area contributed by atoms with Gasteiger partial charge in [0.1, 0.15) is 0 Å². The summed E-state index contributed by atoms with van der Waals surface area (Å²) in [5.74, 6) is 0.0424. The van der Waals surface area contributed by atoms with Crippen molar-refractivity contribution in [2.24, 2.45) is 5.92 Å². The summed E-state index contributed by atoms with van der Waals surface area (Å²) < 4.78 is 0. The van der Waals surface area contributed by atoms with Crippen LogP contribution in [0, 0.1) is 5.92 Å². The first kappa shape index (κ1) is 11.6. The summed E-state index contributed by atoms with van der Waals surface area (Å²) in [6.45, 7) is 5.51. The first-order valence-electron chi connectivity index (χ1n) is 5.71. The summed E-state index contributed by atoms with van der Waals surface area (Å²) in [4.78, 5) is 22.8. The van der Waals surface area contributed by atoms with Gasteiger partial charge in [-0.3, -0.25) is 9.59 Å². The topological polar surface area (TPSA) is 58.2 Å². The van der Waals surface area contributed by atoms with Crippen LogP contribution in [-0.4, -0.2) is 11.8 Å². The number of carbonyl (C=O) groups excluding carboxylic acids is 2. The van der Waals surface area contributed by atoms with E-state index in [0.29, 0.717) is 0 Å². The second-order valence-electron chi connectivity index (χ2n) is 4.69. The zero-order valence-electron chi connectivity index (χ0n) is 10.2. The van der Waals surface area contributed by atoms with Crippen LogP contribution in [0.5, 0.6) is 0 Å². The number of nitrogens with one attached hydrogen (secondary N) is 2. The van der Waals surface area contributed by atoms with E-state index in [0.717, 1.165) is 16.9 Å². The van der Waals surface area contributed by atoms with E-state index >= 15 is 0 Å². The molecule has 1 aromatic rings. The molecule has 4 heteroatoms. The molecule has 2 rings (SSSR count). The summed E-state index contributed by atoms with van der Waals surface area (Å²) in [7, 11) is 0. The lowest BCUT2D eigenvalue weighted by atomic mass is 9.89. The highest BCUT2D eigenvalue weighted by atomic mass is 16.2. The number of anilines is 2. The first-order chi connectivity index (χ1) is 7.99. The minimum atomic E-state index is -0.126. The Bertz CT molecular complexity index is 480. The van der Waals surface area contributed by atoms with Gasteiger partial charge in [0.05, 0.1) is 5.92 Å². The van der Waals surface area contributed by atoms with Gasteiger partial charge in [-0.25, -0.2) is 0 Å². The molecule has 0 spiro atoms. The molecule has 1 heterocycles. The van der Waals surface area contributed by atoms with Crippen molar-refractivity contribution >= 4 is 23.2 Å². The highest BCUT2D eigenvalue weighted by Gasteiger charge is 2.32. The van der Waals surface area contributed by atoms with E-state index in [4.69, 9.17) is 0 Å². The largest absolute Gasteiger partial charge is 0.326 e. The fourth-order valence-electron chi connectivity index (χ4n) is 2.23. The van der Waals surface area contributed by atoms with E-state index in [1.807, 2.05) is 26.0 Å². The van der Waals surface area contributed by atoms with Crippen LogP contribution >= 0.6 is 0 Å². The average molecular weight is 232 g/mol. The Hall–Kier alpha value is -1.84. The fraction of sp³-hybridized carbons (Fsp3) is 0.385. The molecule has 0 saturated carbocycles. The quantitative estimate of drug-likeness (QED) is 0.822. The molecule has 0 bridgehead atoms. The molecule has 0 aromatic heterocycles. The summed E-state index contributed by atoms with van der Waals surface area (Å²) in [5.41, 5.74) is 2.55. The smallest absolute Gasteiger partial charge is 0.232 e. The van der Waals surface area contributed by atoms with Crippen LogP contribution in [-0.2, 0) is 9.59 Å². The molecule has 17 heavy (non-hydrogen) atoms. The lowest BCUT2D eigenvalue weighted by molar-refractivity contribution is -0.118. The molecule has 1 aliphatic rings. The Morgan fingerprint density at radius 3 is 2.71 bits per heavy atom. The molecule has 0 fully saturated rings. The van der Waals surface area contributed by atoms with E-state index in [1.165, 1.54) is 6.92 Å². The standard InChI is InChI=1S/C13H16N2O2/c1-7(2)12-10-6-9(14-8(3)16)4-5-11(10)15-13(12)17/h4-7,12H,1-3H3,(H,14,16)(H,15,17). The van der Waals surface area contributed by atoms with Crippen LogP contribution in [0.2, 0.25) is 0 Å². The Morgan fingerprint density at radius 1 is 1.41 bits per heavy atom. The number of fused-ring (bicyclic) bond motifs is 1. The monoisotopic (exact) mass is 232 g/mol. The van der Waals surface area contributed by atoms with Gasteiger partial charge in [0.25, 0.3) is 0 Å². The maximum atomic E-state index is 11.8. The zero-order chi connectivity index (χ0) is 12.6. The molecule has 0 aliphatic carbocycles. The SMILES string of the molecule is CC(=O)Nc1ccc2c(c1)C(C(C)C)C(=O)N2. The zero-order valence-corrected chi connectivity index (χ0v) is 10.2. The van der Waals surface area contributed by atoms with Crippen molar-refractivity contribution in [2.75, 3.05) is 10.6 Å². The summed E-state index contributed by atoms with van der Waals surface area (Å²) in [6, 6.07) is 5.50. The first-order valence-corrected chi connectivity index (χ1v) is 5.71. The Labute approximate surface area is 100 Å². The highest BCUT2D eigenvalue weighted by Crippen LogP contribution is 2.38. The maximum absolute atomic E-state index is 11.8. The van der Waals surface area contributed by atoms with Gasteiger partial charge in [0, 0.05) is 18.3 Å². The van der Waals surface area contributed by atoms with E-state index in [-0.39, 0.29) is 23.7 Å². The minimum Gasteiger partial charge on any atom is -0.326 e. The van der Waals surface area contributed by atoms with Crippen molar-refractivity contribution in [2.45, 2.75) is 26.7 Å².